The average molecular weight is 379 g/mol. The third-order valence-electron chi connectivity index (χ3n) is 4.04. The van der Waals surface area contributed by atoms with Crippen LogP contribution < -0.4 is 0 Å². The van der Waals surface area contributed by atoms with E-state index >= 15 is 0 Å². The van der Waals surface area contributed by atoms with Crippen molar-refractivity contribution in [1.82, 2.24) is 0 Å². The van der Waals surface area contributed by atoms with Crippen molar-refractivity contribution in [3.05, 3.63) is 39.9 Å². The molecule has 27 heavy (non-hydrogen) atoms. The van der Waals surface area contributed by atoms with Gasteiger partial charge in [0.05, 0.1) is 11.5 Å². The Morgan fingerprint density at radius 3 is 2.33 bits per heavy atom. The van der Waals surface area contributed by atoms with Crippen molar-refractivity contribution >= 4 is 17.6 Å². The number of hydrogen-bond donors (Lipinski definition) is 0. The van der Waals surface area contributed by atoms with Crippen LogP contribution in [0, 0.1) is 10.1 Å². The van der Waals surface area contributed by atoms with Gasteiger partial charge in [0.1, 0.15) is 6.61 Å². The van der Waals surface area contributed by atoms with E-state index in [1.807, 2.05) is 0 Å². The van der Waals surface area contributed by atoms with Crippen LogP contribution in [0.5, 0.6) is 0 Å². The molecule has 7 nitrogen and oxygen atoms in total. The van der Waals surface area contributed by atoms with Gasteiger partial charge in [-0.2, -0.15) is 0 Å². The lowest BCUT2D eigenvalue weighted by Gasteiger charge is -2.06. The minimum absolute atomic E-state index is 0.0248. The van der Waals surface area contributed by atoms with Crippen LogP contribution in [0.15, 0.2) is 24.3 Å². The molecule has 1 aromatic carbocycles. The lowest BCUT2D eigenvalue weighted by molar-refractivity contribution is -0.384. The van der Waals surface area contributed by atoms with Crippen molar-refractivity contribution in [3.8, 4) is 0 Å². The maximum Gasteiger partial charge on any atom is 0.306 e. The van der Waals surface area contributed by atoms with E-state index in [2.05, 4.69) is 6.92 Å². The van der Waals surface area contributed by atoms with Crippen molar-refractivity contribution < 1.29 is 24.0 Å². The zero-order valence-corrected chi connectivity index (χ0v) is 16.0. The highest BCUT2D eigenvalue weighted by atomic mass is 16.6. The number of nitro groups is 1. The molecule has 0 bridgehead atoms. The lowest BCUT2D eigenvalue weighted by atomic mass is 10.1. The number of hydrogen-bond acceptors (Lipinski definition) is 6. The van der Waals surface area contributed by atoms with E-state index < -0.39 is 10.9 Å². The molecule has 0 radical (unpaired) electrons. The van der Waals surface area contributed by atoms with E-state index in [0.717, 1.165) is 12.8 Å². The minimum atomic E-state index is -0.498. The Bertz CT molecular complexity index is 602. The van der Waals surface area contributed by atoms with Crippen molar-refractivity contribution in [2.24, 2.45) is 0 Å². The van der Waals surface area contributed by atoms with Crippen LogP contribution >= 0.6 is 0 Å². The van der Waals surface area contributed by atoms with Gasteiger partial charge < -0.3 is 9.47 Å². The number of ether oxygens (including phenoxy) is 2. The van der Waals surface area contributed by atoms with Crippen LogP contribution in [0.1, 0.15) is 70.3 Å². The van der Waals surface area contributed by atoms with Crippen molar-refractivity contribution in [2.45, 2.75) is 71.3 Å². The third kappa shape index (κ3) is 11.0. The van der Waals surface area contributed by atoms with Gasteiger partial charge in [0, 0.05) is 25.0 Å². The summed E-state index contributed by atoms with van der Waals surface area (Å²) in [6, 6.07) is 5.94. The van der Waals surface area contributed by atoms with E-state index in [4.69, 9.17) is 9.47 Å². The number of carbonyl (C=O) groups is 2. The molecule has 0 saturated carbocycles. The quantitative estimate of drug-likeness (QED) is 0.201. The Morgan fingerprint density at radius 2 is 1.63 bits per heavy atom. The Balaban J connectivity index is 2.08. The van der Waals surface area contributed by atoms with Gasteiger partial charge in [-0.25, -0.2) is 0 Å². The average Bonchev–Trinajstić information content (AvgIpc) is 2.66. The Morgan fingerprint density at radius 1 is 0.963 bits per heavy atom. The van der Waals surface area contributed by atoms with Crippen LogP contribution in [0.2, 0.25) is 0 Å². The van der Waals surface area contributed by atoms with Crippen LogP contribution in [-0.2, 0) is 25.7 Å². The summed E-state index contributed by atoms with van der Waals surface area (Å²) in [6.07, 6.45) is 7.45. The monoisotopic (exact) mass is 379 g/mol. The van der Waals surface area contributed by atoms with Gasteiger partial charge in [0.2, 0.25) is 0 Å². The van der Waals surface area contributed by atoms with Crippen molar-refractivity contribution in [3.63, 3.8) is 0 Å². The maximum atomic E-state index is 11.7. The number of carbonyl (C=O) groups excluding carboxylic acids is 2. The molecule has 1 rings (SSSR count). The molecule has 0 aliphatic rings. The fraction of sp³-hybridized carbons (Fsp3) is 0.600. The molecule has 0 N–H and O–H groups in total. The molecule has 0 spiro atoms. The number of non-ortho nitro benzene ring substituents is 1. The number of benzene rings is 1. The summed E-state index contributed by atoms with van der Waals surface area (Å²) in [5.41, 5.74) is 0.507. The molecule has 0 unspecified atom stereocenters. The molecule has 0 heterocycles. The molecule has 0 amide bonds. The molecule has 1 aromatic rings. The Hall–Kier alpha value is -2.44. The van der Waals surface area contributed by atoms with Crippen LogP contribution in [0.4, 0.5) is 5.69 Å². The fourth-order valence-corrected chi connectivity index (χ4v) is 2.51. The highest BCUT2D eigenvalue weighted by Crippen LogP contribution is 2.14. The number of rotatable bonds is 14. The van der Waals surface area contributed by atoms with Crippen LogP contribution in [0.3, 0.4) is 0 Å². The third-order valence-corrected chi connectivity index (χ3v) is 4.04. The first kappa shape index (κ1) is 22.6. The smallest absolute Gasteiger partial charge is 0.306 e. The molecule has 7 heteroatoms. The van der Waals surface area contributed by atoms with Crippen LogP contribution in [-0.4, -0.2) is 23.5 Å². The summed E-state index contributed by atoms with van der Waals surface area (Å²) in [5, 5.41) is 10.7. The van der Waals surface area contributed by atoms with Gasteiger partial charge in [-0.3, -0.25) is 19.7 Å². The first-order valence-corrected chi connectivity index (χ1v) is 9.57. The van der Waals surface area contributed by atoms with Crippen molar-refractivity contribution in [2.75, 3.05) is 6.61 Å². The van der Waals surface area contributed by atoms with Gasteiger partial charge in [0.15, 0.2) is 0 Å². The first-order chi connectivity index (χ1) is 13.0. The number of nitrogens with zero attached hydrogens (tertiary/aromatic N) is 1. The van der Waals surface area contributed by atoms with Gasteiger partial charge in [-0.05, 0) is 18.4 Å². The summed E-state index contributed by atoms with van der Waals surface area (Å²) in [4.78, 5) is 33.5. The summed E-state index contributed by atoms with van der Waals surface area (Å²) in [5.74, 6) is -0.736. The summed E-state index contributed by atoms with van der Waals surface area (Å²) in [6.45, 7) is 2.58. The zero-order valence-electron chi connectivity index (χ0n) is 16.0. The minimum Gasteiger partial charge on any atom is -0.466 e. The summed E-state index contributed by atoms with van der Waals surface area (Å²) in [7, 11) is 0. The van der Waals surface area contributed by atoms with E-state index in [-0.39, 0.29) is 31.1 Å². The fourth-order valence-electron chi connectivity index (χ4n) is 2.51. The lowest BCUT2D eigenvalue weighted by Crippen LogP contribution is -2.09. The number of nitro benzene ring substituents is 1. The second-order valence-corrected chi connectivity index (χ2v) is 6.43. The zero-order chi connectivity index (χ0) is 19.9. The van der Waals surface area contributed by atoms with E-state index in [0.29, 0.717) is 18.6 Å². The summed E-state index contributed by atoms with van der Waals surface area (Å²) < 4.78 is 10.2. The molecule has 0 aliphatic heterocycles. The molecule has 0 atom stereocenters. The Labute approximate surface area is 160 Å². The Kier molecular flexibility index (Phi) is 11.5. The van der Waals surface area contributed by atoms with Gasteiger partial charge in [-0.1, -0.05) is 51.2 Å². The van der Waals surface area contributed by atoms with Gasteiger partial charge >= 0.3 is 11.9 Å². The maximum absolute atomic E-state index is 11.7. The van der Waals surface area contributed by atoms with E-state index in [9.17, 15) is 19.7 Å². The predicted octanol–water partition coefficient (Wildman–Crippen LogP) is 4.71. The molecule has 0 aromatic heterocycles. The molecule has 0 saturated heterocycles. The molecule has 0 fully saturated rings. The van der Waals surface area contributed by atoms with Crippen molar-refractivity contribution in [1.29, 1.82) is 0 Å². The number of unbranched alkanes of at least 4 members (excludes halogenated alkanes) is 5. The SMILES string of the molecule is CCCCCCCCOC(=O)CCCC(=O)OCc1cccc([N+](=O)[O-])c1. The van der Waals surface area contributed by atoms with Gasteiger partial charge in [0.25, 0.3) is 5.69 Å². The molecule has 0 aliphatic carbocycles. The second-order valence-electron chi connectivity index (χ2n) is 6.43. The molecule has 150 valence electrons. The predicted molar refractivity (Wildman–Crippen MR) is 101 cm³/mol. The largest absolute Gasteiger partial charge is 0.466 e. The molecular formula is C20H29NO6. The van der Waals surface area contributed by atoms with E-state index in [1.54, 1.807) is 12.1 Å². The van der Waals surface area contributed by atoms with Gasteiger partial charge in [-0.15, -0.1) is 0 Å². The highest BCUT2D eigenvalue weighted by Gasteiger charge is 2.09. The normalized spacial score (nSPS) is 10.4. The highest BCUT2D eigenvalue weighted by molar-refractivity contribution is 5.72. The first-order valence-electron chi connectivity index (χ1n) is 9.57. The standard InChI is InChI=1S/C20H29NO6/c1-2-3-4-5-6-7-14-26-19(22)12-9-13-20(23)27-16-17-10-8-11-18(15-17)21(24)25/h8,10-11,15H,2-7,9,12-14,16H2,1H3. The second kappa shape index (κ2) is 13.7. The topological polar surface area (TPSA) is 95.7 Å². The number of esters is 2. The van der Waals surface area contributed by atoms with E-state index in [1.165, 1.54) is 37.8 Å². The van der Waals surface area contributed by atoms with Crippen LogP contribution in [0.25, 0.3) is 0 Å². The molecular weight excluding hydrogens is 350 g/mol. The summed E-state index contributed by atoms with van der Waals surface area (Å²) >= 11 is 0.